The number of nitrogens with one attached hydrogen (secondary N) is 1. The van der Waals surface area contributed by atoms with Crippen LogP contribution in [0.15, 0.2) is 18.2 Å². The van der Waals surface area contributed by atoms with Crippen molar-refractivity contribution in [3.05, 3.63) is 27.3 Å². The van der Waals surface area contributed by atoms with Gasteiger partial charge in [0.2, 0.25) is 0 Å². The Morgan fingerprint density at radius 3 is 2.15 bits per heavy atom. The van der Waals surface area contributed by atoms with Crippen LogP contribution < -0.4 is 9.62 Å². The number of carbonyl (C=O) groups excluding carboxylic acids is 2. The Bertz CT molecular complexity index is 819. The molecule has 0 aliphatic carbocycles. The maximum atomic E-state index is 12.3. The van der Waals surface area contributed by atoms with Crippen molar-refractivity contribution in [1.82, 2.24) is 4.72 Å². The number of anilines is 1. The molecule has 0 spiro atoms. The lowest BCUT2D eigenvalue weighted by Crippen LogP contribution is -2.40. The molecule has 0 aliphatic rings. The summed E-state index contributed by atoms with van der Waals surface area (Å²) in [4.78, 5) is 25.0. The predicted molar refractivity (Wildman–Crippen MR) is 96.2 cm³/mol. The van der Waals surface area contributed by atoms with Crippen molar-refractivity contribution in [2.45, 2.75) is 31.9 Å². The van der Waals surface area contributed by atoms with Crippen LogP contribution in [-0.4, -0.2) is 38.6 Å². The Labute approximate surface area is 162 Å². The molecule has 0 atom stereocenters. The average molecular weight is 508 g/mol. The Morgan fingerprint density at radius 2 is 1.73 bits per heavy atom. The van der Waals surface area contributed by atoms with Gasteiger partial charge in [0.05, 0.1) is 5.69 Å². The quantitative estimate of drug-likeness (QED) is 0.634. The molecule has 0 aliphatic heterocycles. The van der Waals surface area contributed by atoms with Gasteiger partial charge in [-0.3, -0.25) is 9.69 Å². The van der Waals surface area contributed by atoms with E-state index >= 15 is 0 Å². The number of benzene rings is 1. The highest BCUT2D eigenvalue weighted by atomic mass is 127. The standard InChI is InChI=1S/C14H16F3IN2O5S/c1-13(2,3)25-12(22)20(4)10-6-5-8(7-9(10)18)11(21)19-26(23,24)14(15,16)17/h5-7H,1-4H3,(H,19,21). The van der Waals surface area contributed by atoms with Crippen LogP contribution in [0.4, 0.5) is 23.7 Å². The highest BCUT2D eigenvalue weighted by Crippen LogP contribution is 2.26. The van der Waals surface area contributed by atoms with Crippen LogP contribution in [0.5, 0.6) is 0 Å². The molecule has 0 fully saturated rings. The van der Waals surface area contributed by atoms with E-state index in [2.05, 4.69) is 0 Å². The molecule has 26 heavy (non-hydrogen) atoms. The normalized spacial score (nSPS) is 12.5. The van der Waals surface area contributed by atoms with Crippen molar-refractivity contribution in [2.24, 2.45) is 0 Å². The van der Waals surface area contributed by atoms with E-state index in [-0.39, 0.29) is 5.56 Å². The average Bonchev–Trinajstić information content (AvgIpc) is 2.42. The third-order valence-electron chi connectivity index (χ3n) is 2.77. The lowest BCUT2D eigenvalue weighted by molar-refractivity contribution is -0.0446. The van der Waals surface area contributed by atoms with Crippen molar-refractivity contribution in [3.8, 4) is 0 Å². The van der Waals surface area contributed by atoms with Gasteiger partial charge in [-0.1, -0.05) is 0 Å². The third-order valence-corrected chi connectivity index (χ3v) is 4.70. The fourth-order valence-electron chi connectivity index (χ4n) is 1.59. The van der Waals surface area contributed by atoms with Gasteiger partial charge < -0.3 is 4.74 Å². The molecule has 1 aromatic carbocycles. The molecule has 0 heterocycles. The first-order valence-electron chi connectivity index (χ1n) is 6.95. The minimum atomic E-state index is -5.80. The van der Waals surface area contributed by atoms with Crippen LogP contribution >= 0.6 is 22.6 Å². The van der Waals surface area contributed by atoms with Crippen molar-refractivity contribution in [3.63, 3.8) is 0 Å². The molecule has 1 rings (SSSR count). The highest BCUT2D eigenvalue weighted by molar-refractivity contribution is 14.1. The van der Waals surface area contributed by atoms with Crippen LogP contribution in [-0.2, 0) is 14.8 Å². The fourth-order valence-corrected chi connectivity index (χ4v) is 2.94. The number of amides is 2. The maximum Gasteiger partial charge on any atom is 0.516 e. The summed E-state index contributed by atoms with van der Waals surface area (Å²) < 4.78 is 65.4. The van der Waals surface area contributed by atoms with E-state index in [4.69, 9.17) is 4.74 Å². The summed E-state index contributed by atoms with van der Waals surface area (Å²) in [5.74, 6) is -1.44. The highest BCUT2D eigenvalue weighted by Gasteiger charge is 2.47. The second-order valence-electron chi connectivity index (χ2n) is 6.09. The van der Waals surface area contributed by atoms with E-state index in [0.717, 1.165) is 21.8 Å². The molecular weight excluding hydrogens is 492 g/mol. The van der Waals surface area contributed by atoms with Crippen molar-refractivity contribution in [1.29, 1.82) is 0 Å². The van der Waals surface area contributed by atoms with Gasteiger partial charge >= 0.3 is 21.6 Å². The lowest BCUT2D eigenvalue weighted by Gasteiger charge is -2.25. The van der Waals surface area contributed by atoms with Crippen LogP contribution in [0.1, 0.15) is 31.1 Å². The number of sulfonamides is 1. The topological polar surface area (TPSA) is 92.8 Å². The second-order valence-corrected chi connectivity index (χ2v) is 8.92. The summed E-state index contributed by atoms with van der Waals surface area (Å²) in [5.41, 5.74) is -6.33. The van der Waals surface area contributed by atoms with Crippen LogP contribution in [0.3, 0.4) is 0 Å². The zero-order valence-electron chi connectivity index (χ0n) is 14.1. The van der Waals surface area contributed by atoms with Gasteiger partial charge in [0.1, 0.15) is 5.60 Å². The van der Waals surface area contributed by atoms with E-state index in [9.17, 15) is 31.2 Å². The van der Waals surface area contributed by atoms with Gasteiger partial charge in [-0.2, -0.15) is 21.6 Å². The Morgan fingerprint density at radius 1 is 1.19 bits per heavy atom. The number of alkyl halides is 3. The zero-order valence-corrected chi connectivity index (χ0v) is 17.1. The number of ether oxygens (including phenoxy) is 1. The summed E-state index contributed by atoms with van der Waals surface area (Å²) in [7, 11) is -4.39. The summed E-state index contributed by atoms with van der Waals surface area (Å²) >= 11 is 1.76. The van der Waals surface area contributed by atoms with Gasteiger partial charge in [-0.25, -0.2) is 9.52 Å². The second kappa shape index (κ2) is 7.58. The molecular formula is C14H16F3IN2O5S. The number of hydrogen-bond acceptors (Lipinski definition) is 5. The largest absolute Gasteiger partial charge is 0.516 e. The fraction of sp³-hybridized carbons (Fsp3) is 0.429. The zero-order chi connectivity index (χ0) is 20.5. The van der Waals surface area contributed by atoms with Crippen LogP contribution in [0.2, 0.25) is 0 Å². The lowest BCUT2D eigenvalue weighted by atomic mass is 10.2. The SMILES string of the molecule is CN(C(=O)OC(C)(C)C)c1ccc(C(=O)NS(=O)(=O)C(F)(F)F)cc1I. The Balaban J connectivity index is 3.04. The van der Waals surface area contributed by atoms with E-state index in [1.807, 2.05) is 0 Å². The van der Waals surface area contributed by atoms with Crippen LogP contribution in [0.25, 0.3) is 0 Å². The van der Waals surface area contributed by atoms with Gasteiger partial charge in [-0.15, -0.1) is 0 Å². The third kappa shape index (κ3) is 5.72. The molecule has 2 amide bonds. The van der Waals surface area contributed by atoms with Gasteiger partial charge in [0.15, 0.2) is 0 Å². The van der Waals surface area contributed by atoms with E-state index in [1.54, 1.807) is 43.4 Å². The van der Waals surface area contributed by atoms with Crippen molar-refractivity contribution < 1.29 is 35.9 Å². The molecule has 0 saturated carbocycles. The van der Waals surface area contributed by atoms with Crippen LogP contribution in [0, 0.1) is 3.57 Å². The molecule has 1 N–H and O–H groups in total. The van der Waals surface area contributed by atoms with E-state index in [0.29, 0.717) is 9.26 Å². The number of hydrogen-bond donors (Lipinski definition) is 1. The van der Waals surface area contributed by atoms with Crippen molar-refractivity contribution in [2.75, 3.05) is 11.9 Å². The predicted octanol–water partition coefficient (Wildman–Crippen LogP) is 3.24. The summed E-state index contributed by atoms with van der Waals surface area (Å²) in [6, 6.07) is 3.54. The summed E-state index contributed by atoms with van der Waals surface area (Å²) in [6.45, 7) is 5.04. The smallest absolute Gasteiger partial charge is 0.443 e. The van der Waals surface area contributed by atoms with Gasteiger partial charge in [0, 0.05) is 16.2 Å². The number of nitrogens with zero attached hydrogens (tertiary/aromatic N) is 1. The van der Waals surface area contributed by atoms with Gasteiger partial charge in [0.25, 0.3) is 5.91 Å². The minimum absolute atomic E-state index is 0.316. The number of halogens is 4. The molecule has 0 bridgehead atoms. The molecule has 1 aromatic rings. The molecule has 0 aromatic heterocycles. The maximum absolute atomic E-state index is 12.3. The molecule has 0 radical (unpaired) electrons. The van der Waals surface area contributed by atoms with E-state index in [1.165, 1.54) is 13.1 Å². The monoisotopic (exact) mass is 508 g/mol. The number of rotatable bonds is 3. The summed E-state index contributed by atoms with van der Waals surface area (Å²) in [6.07, 6.45) is -0.674. The first kappa shape index (κ1) is 22.5. The summed E-state index contributed by atoms with van der Waals surface area (Å²) in [5, 5.41) is 0. The molecule has 12 heteroatoms. The molecule has 7 nitrogen and oxygen atoms in total. The molecule has 146 valence electrons. The van der Waals surface area contributed by atoms with E-state index < -0.39 is 33.1 Å². The first-order chi connectivity index (χ1) is 11.5. The Kier molecular flexibility index (Phi) is 6.55. The van der Waals surface area contributed by atoms with Crippen molar-refractivity contribution >= 4 is 50.3 Å². The number of carbonyl (C=O) groups is 2. The molecule has 0 unspecified atom stereocenters. The first-order valence-corrected chi connectivity index (χ1v) is 9.51. The minimum Gasteiger partial charge on any atom is -0.443 e. The Hall–Kier alpha value is -1.57. The molecule has 0 saturated heterocycles. The van der Waals surface area contributed by atoms with Gasteiger partial charge in [-0.05, 0) is 61.6 Å².